The van der Waals surface area contributed by atoms with Gasteiger partial charge in [0.2, 0.25) is 0 Å². The second kappa shape index (κ2) is 6.27. The highest BCUT2D eigenvalue weighted by atomic mass is 32.1. The quantitative estimate of drug-likeness (QED) is 0.863. The van der Waals surface area contributed by atoms with Gasteiger partial charge < -0.3 is 5.32 Å². The SMILES string of the molecule is Cc1nc(N2CCNC2=O)sc1C(=O)CCc1ccccc1. The number of anilines is 1. The summed E-state index contributed by atoms with van der Waals surface area (Å²) in [4.78, 5) is 30.7. The highest BCUT2D eigenvalue weighted by Crippen LogP contribution is 2.28. The lowest BCUT2D eigenvalue weighted by atomic mass is 10.1. The van der Waals surface area contributed by atoms with Crippen LogP contribution in [0.5, 0.6) is 0 Å². The number of aromatic nitrogens is 1. The molecule has 2 aromatic rings. The Labute approximate surface area is 133 Å². The topological polar surface area (TPSA) is 62.3 Å². The fraction of sp³-hybridized carbons (Fsp3) is 0.312. The number of rotatable bonds is 5. The zero-order chi connectivity index (χ0) is 15.5. The minimum absolute atomic E-state index is 0.0877. The Morgan fingerprint density at radius 2 is 2.14 bits per heavy atom. The van der Waals surface area contributed by atoms with Gasteiger partial charge in [0.05, 0.1) is 10.6 Å². The summed E-state index contributed by atoms with van der Waals surface area (Å²) in [6.45, 7) is 3.04. The van der Waals surface area contributed by atoms with E-state index in [-0.39, 0.29) is 11.8 Å². The zero-order valence-electron chi connectivity index (χ0n) is 12.3. The molecular weight excluding hydrogens is 298 g/mol. The summed E-state index contributed by atoms with van der Waals surface area (Å²) in [7, 11) is 0. The van der Waals surface area contributed by atoms with Crippen LogP contribution in [0.2, 0.25) is 0 Å². The average Bonchev–Trinajstić information content (AvgIpc) is 3.11. The molecule has 0 radical (unpaired) electrons. The van der Waals surface area contributed by atoms with Crippen molar-refractivity contribution in [1.82, 2.24) is 10.3 Å². The third kappa shape index (κ3) is 3.01. The first-order valence-electron chi connectivity index (χ1n) is 7.25. The van der Waals surface area contributed by atoms with E-state index in [0.717, 1.165) is 12.0 Å². The highest BCUT2D eigenvalue weighted by molar-refractivity contribution is 7.17. The van der Waals surface area contributed by atoms with Gasteiger partial charge in [-0.1, -0.05) is 41.7 Å². The fourth-order valence-corrected chi connectivity index (χ4v) is 3.49. The molecule has 1 aromatic carbocycles. The molecule has 0 spiro atoms. The number of urea groups is 1. The standard InChI is InChI=1S/C16H17N3O2S/c1-11-14(13(20)8-7-12-5-3-2-4-6-12)22-16(18-11)19-10-9-17-15(19)21/h2-6H,7-10H2,1H3,(H,17,21). The predicted octanol–water partition coefficient (Wildman–Crippen LogP) is 2.80. The van der Waals surface area contributed by atoms with Crippen molar-refractivity contribution in [3.05, 3.63) is 46.5 Å². The average molecular weight is 315 g/mol. The molecule has 0 unspecified atom stereocenters. The molecule has 0 saturated carbocycles. The molecule has 1 aromatic heterocycles. The van der Waals surface area contributed by atoms with Crippen LogP contribution < -0.4 is 10.2 Å². The molecule has 1 fully saturated rings. The van der Waals surface area contributed by atoms with Gasteiger partial charge in [-0.15, -0.1) is 0 Å². The minimum Gasteiger partial charge on any atom is -0.336 e. The van der Waals surface area contributed by atoms with Crippen molar-refractivity contribution in [2.45, 2.75) is 19.8 Å². The van der Waals surface area contributed by atoms with E-state index in [1.165, 1.54) is 11.3 Å². The summed E-state index contributed by atoms with van der Waals surface area (Å²) >= 11 is 1.31. The molecule has 22 heavy (non-hydrogen) atoms. The normalized spacial score (nSPS) is 14.2. The Morgan fingerprint density at radius 1 is 1.36 bits per heavy atom. The van der Waals surface area contributed by atoms with E-state index in [2.05, 4.69) is 10.3 Å². The van der Waals surface area contributed by atoms with Crippen LogP contribution in [0.1, 0.15) is 27.3 Å². The van der Waals surface area contributed by atoms with Crippen LogP contribution in [0.15, 0.2) is 30.3 Å². The minimum atomic E-state index is -0.142. The molecule has 1 aliphatic rings. The van der Waals surface area contributed by atoms with Gasteiger partial charge in [0, 0.05) is 19.5 Å². The molecule has 3 rings (SSSR count). The summed E-state index contributed by atoms with van der Waals surface area (Å²) in [6.07, 6.45) is 1.18. The maximum absolute atomic E-state index is 12.4. The number of carbonyl (C=O) groups is 2. The van der Waals surface area contributed by atoms with E-state index in [0.29, 0.717) is 35.2 Å². The predicted molar refractivity (Wildman–Crippen MR) is 86.7 cm³/mol. The lowest BCUT2D eigenvalue weighted by Crippen LogP contribution is -2.27. The number of aryl methyl sites for hydroxylation is 2. The van der Waals surface area contributed by atoms with Gasteiger partial charge in [0.25, 0.3) is 0 Å². The van der Waals surface area contributed by atoms with Gasteiger partial charge in [-0.2, -0.15) is 0 Å². The van der Waals surface area contributed by atoms with Crippen molar-refractivity contribution in [2.24, 2.45) is 0 Å². The van der Waals surface area contributed by atoms with Crippen LogP contribution >= 0.6 is 11.3 Å². The number of Topliss-reactive ketones (excluding diaryl/α,β-unsaturated/α-hetero) is 1. The van der Waals surface area contributed by atoms with Crippen molar-refractivity contribution in [3.63, 3.8) is 0 Å². The van der Waals surface area contributed by atoms with Gasteiger partial charge in [-0.05, 0) is 18.9 Å². The third-order valence-corrected chi connectivity index (χ3v) is 4.83. The zero-order valence-corrected chi connectivity index (χ0v) is 13.2. The molecule has 5 nitrogen and oxygen atoms in total. The molecule has 114 valence electrons. The van der Waals surface area contributed by atoms with Gasteiger partial charge >= 0.3 is 6.03 Å². The second-order valence-corrected chi connectivity index (χ2v) is 6.18. The van der Waals surface area contributed by atoms with Crippen LogP contribution in [0.4, 0.5) is 9.93 Å². The van der Waals surface area contributed by atoms with Gasteiger partial charge in [0.15, 0.2) is 10.9 Å². The Bertz CT molecular complexity index is 697. The molecule has 1 saturated heterocycles. The van der Waals surface area contributed by atoms with E-state index >= 15 is 0 Å². The Balaban J connectivity index is 1.70. The number of hydrogen-bond donors (Lipinski definition) is 1. The molecule has 2 heterocycles. The maximum atomic E-state index is 12.4. The summed E-state index contributed by atoms with van der Waals surface area (Å²) in [5.74, 6) is 0.0877. The van der Waals surface area contributed by atoms with Gasteiger partial charge in [-0.25, -0.2) is 9.78 Å². The number of nitrogens with zero attached hydrogens (tertiary/aromatic N) is 2. The van der Waals surface area contributed by atoms with Crippen molar-refractivity contribution >= 4 is 28.3 Å². The number of thiazole rings is 1. The molecule has 0 bridgehead atoms. The van der Waals surface area contributed by atoms with Crippen LogP contribution in [0.25, 0.3) is 0 Å². The molecule has 1 N–H and O–H groups in total. The molecule has 0 atom stereocenters. The summed E-state index contributed by atoms with van der Waals surface area (Å²) < 4.78 is 0. The lowest BCUT2D eigenvalue weighted by molar-refractivity contribution is 0.0986. The van der Waals surface area contributed by atoms with Crippen LogP contribution in [0.3, 0.4) is 0 Å². The van der Waals surface area contributed by atoms with Crippen LogP contribution in [0, 0.1) is 6.92 Å². The number of amides is 2. The smallest absolute Gasteiger partial charge is 0.323 e. The Hall–Kier alpha value is -2.21. The largest absolute Gasteiger partial charge is 0.336 e. The van der Waals surface area contributed by atoms with E-state index in [9.17, 15) is 9.59 Å². The van der Waals surface area contributed by atoms with E-state index in [4.69, 9.17) is 0 Å². The van der Waals surface area contributed by atoms with Gasteiger partial charge in [-0.3, -0.25) is 9.69 Å². The van der Waals surface area contributed by atoms with Crippen molar-refractivity contribution in [3.8, 4) is 0 Å². The van der Waals surface area contributed by atoms with Crippen molar-refractivity contribution in [2.75, 3.05) is 18.0 Å². The summed E-state index contributed by atoms with van der Waals surface area (Å²) in [6, 6.07) is 9.81. The van der Waals surface area contributed by atoms with Crippen LogP contribution in [-0.2, 0) is 6.42 Å². The number of benzene rings is 1. The van der Waals surface area contributed by atoms with Gasteiger partial charge in [0.1, 0.15) is 0 Å². The highest BCUT2D eigenvalue weighted by Gasteiger charge is 2.26. The first kappa shape index (κ1) is 14.7. The van der Waals surface area contributed by atoms with Crippen LogP contribution in [-0.4, -0.2) is 29.9 Å². The summed E-state index contributed by atoms with van der Waals surface area (Å²) in [5.41, 5.74) is 1.86. The molecule has 6 heteroatoms. The maximum Gasteiger partial charge on any atom is 0.323 e. The summed E-state index contributed by atoms with van der Waals surface area (Å²) in [5, 5.41) is 3.35. The van der Waals surface area contributed by atoms with Crippen molar-refractivity contribution in [1.29, 1.82) is 0 Å². The monoisotopic (exact) mass is 315 g/mol. The first-order valence-corrected chi connectivity index (χ1v) is 8.06. The number of carbonyl (C=O) groups excluding carboxylic acids is 2. The molecule has 0 aliphatic carbocycles. The second-order valence-electron chi connectivity index (χ2n) is 5.20. The fourth-order valence-electron chi connectivity index (χ4n) is 2.43. The molecule has 2 amide bonds. The lowest BCUT2D eigenvalue weighted by Gasteiger charge is -2.08. The first-order chi connectivity index (χ1) is 10.6. The van der Waals surface area contributed by atoms with E-state index in [1.54, 1.807) is 4.90 Å². The number of hydrogen-bond acceptors (Lipinski definition) is 4. The van der Waals surface area contributed by atoms with Crippen molar-refractivity contribution < 1.29 is 9.59 Å². The molecule has 1 aliphatic heterocycles. The number of ketones is 1. The Morgan fingerprint density at radius 3 is 2.82 bits per heavy atom. The third-order valence-electron chi connectivity index (χ3n) is 3.61. The van der Waals surface area contributed by atoms with E-state index in [1.807, 2.05) is 37.3 Å². The Kier molecular flexibility index (Phi) is 4.20. The number of nitrogens with one attached hydrogen (secondary N) is 1. The van der Waals surface area contributed by atoms with E-state index < -0.39 is 0 Å². The molecular formula is C16H17N3O2S.